The number of hydrogen-bond donors (Lipinski definition) is 3. The first-order valence-electron chi connectivity index (χ1n) is 12.9. The molecule has 2 aromatic heterocycles. The van der Waals surface area contributed by atoms with Crippen molar-refractivity contribution < 1.29 is 14.4 Å². The van der Waals surface area contributed by atoms with E-state index in [2.05, 4.69) is 14.7 Å². The Balaban J connectivity index is 1.66. The quantitative estimate of drug-likeness (QED) is 0.313. The second kappa shape index (κ2) is 11.2. The highest BCUT2D eigenvalue weighted by atomic mass is 32.1. The molecule has 3 amide bonds. The largest absolute Gasteiger partial charge is 0.395 e. The molecular formula is C29H30N6O3S. The van der Waals surface area contributed by atoms with Crippen LogP contribution in [0.15, 0.2) is 60.8 Å². The van der Waals surface area contributed by atoms with Gasteiger partial charge < -0.3 is 16.8 Å². The molecule has 1 aliphatic carbocycles. The van der Waals surface area contributed by atoms with Gasteiger partial charge >= 0.3 is 0 Å². The molecule has 0 aliphatic heterocycles. The molecule has 9 nitrogen and oxygen atoms in total. The van der Waals surface area contributed by atoms with E-state index in [9.17, 15) is 14.4 Å². The lowest BCUT2D eigenvalue weighted by molar-refractivity contribution is -0.123. The zero-order valence-corrected chi connectivity index (χ0v) is 22.4. The lowest BCUT2D eigenvalue weighted by atomic mass is 9.94. The molecule has 2 heterocycles. The highest BCUT2D eigenvalue weighted by Crippen LogP contribution is 2.34. The minimum absolute atomic E-state index is 0.0285. The topological polar surface area (TPSA) is 144 Å². The van der Waals surface area contributed by atoms with Gasteiger partial charge in [0, 0.05) is 23.3 Å². The monoisotopic (exact) mass is 542 g/mol. The average Bonchev–Trinajstić information content (AvgIpc) is 3.33. The number of nitrogens with one attached hydrogen (secondary N) is 1. The molecule has 5 N–H and O–H groups in total. The van der Waals surface area contributed by atoms with Crippen molar-refractivity contribution in [2.75, 3.05) is 10.6 Å². The number of primary amides is 1. The number of aromatic nitrogens is 2. The molecular weight excluding hydrogens is 512 g/mol. The summed E-state index contributed by atoms with van der Waals surface area (Å²) in [6.45, 7) is 1.94. The summed E-state index contributed by atoms with van der Waals surface area (Å²) in [5, 5.41) is 4.05. The Bertz CT molecular complexity index is 1530. The Morgan fingerprint density at radius 1 is 1.05 bits per heavy atom. The van der Waals surface area contributed by atoms with Gasteiger partial charge in [0.1, 0.15) is 10.9 Å². The number of benzene rings is 2. The van der Waals surface area contributed by atoms with Crippen LogP contribution in [-0.2, 0) is 4.79 Å². The van der Waals surface area contributed by atoms with Crippen molar-refractivity contribution in [1.82, 2.24) is 14.7 Å². The maximum Gasteiger partial charge on any atom is 0.273 e. The van der Waals surface area contributed by atoms with Gasteiger partial charge in [-0.25, -0.2) is 0 Å². The van der Waals surface area contributed by atoms with Gasteiger partial charge in [0.15, 0.2) is 5.69 Å². The second-order valence-electron chi connectivity index (χ2n) is 9.85. The smallest absolute Gasteiger partial charge is 0.273 e. The van der Waals surface area contributed by atoms with Gasteiger partial charge in [-0.1, -0.05) is 49.1 Å². The summed E-state index contributed by atoms with van der Waals surface area (Å²) >= 11 is 0.793. The Hall–Kier alpha value is -4.31. The van der Waals surface area contributed by atoms with Crippen LogP contribution in [0.5, 0.6) is 0 Å². The van der Waals surface area contributed by atoms with Crippen molar-refractivity contribution in [3.05, 3.63) is 82.5 Å². The summed E-state index contributed by atoms with van der Waals surface area (Å²) in [6.07, 6.45) is 6.73. The van der Waals surface area contributed by atoms with Crippen LogP contribution in [0.25, 0.3) is 10.9 Å². The normalized spacial score (nSPS) is 14.6. The Morgan fingerprint density at radius 2 is 1.79 bits per heavy atom. The molecule has 1 saturated carbocycles. The fourth-order valence-corrected chi connectivity index (χ4v) is 5.78. The standard InChI is InChI=1S/C29H30N6O3S/c1-17-9-12-21(13-10-17)35(29(38)26-23(30)24(27(31)36)34-39-26)25(28(37)33-20-7-3-2-4-8-20)19-11-14-22-18(16-19)6-5-15-32-22/h5-6,9-16,20,25H,2-4,7-8,30H2,1H3,(H2,31,36)(H,33,37)/t25-/m0/s1. The third-order valence-electron chi connectivity index (χ3n) is 7.09. The lowest BCUT2D eigenvalue weighted by Crippen LogP contribution is -2.47. The summed E-state index contributed by atoms with van der Waals surface area (Å²) in [5.41, 5.74) is 14.2. The van der Waals surface area contributed by atoms with E-state index >= 15 is 0 Å². The number of anilines is 2. The van der Waals surface area contributed by atoms with Crippen molar-refractivity contribution in [3.63, 3.8) is 0 Å². The van der Waals surface area contributed by atoms with Gasteiger partial charge in [-0.05, 0) is 67.2 Å². The molecule has 10 heteroatoms. The number of pyridine rings is 1. The van der Waals surface area contributed by atoms with Crippen LogP contribution in [0.2, 0.25) is 0 Å². The number of fused-ring (bicyclic) bond motifs is 1. The van der Waals surface area contributed by atoms with E-state index in [-0.39, 0.29) is 28.2 Å². The molecule has 200 valence electrons. The van der Waals surface area contributed by atoms with Gasteiger partial charge in [-0.2, -0.15) is 4.37 Å². The predicted octanol–water partition coefficient (Wildman–Crippen LogP) is 4.52. The van der Waals surface area contributed by atoms with Crippen LogP contribution < -0.4 is 21.7 Å². The Labute approximate surface area is 230 Å². The van der Waals surface area contributed by atoms with Crippen LogP contribution in [0.1, 0.15) is 69.4 Å². The molecule has 2 aromatic carbocycles. The van der Waals surface area contributed by atoms with Gasteiger partial charge in [0.05, 0.1) is 11.2 Å². The van der Waals surface area contributed by atoms with Gasteiger partial charge in [0.2, 0.25) is 5.91 Å². The van der Waals surface area contributed by atoms with E-state index in [4.69, 9.17) is 11.5 Å². The van der Waals surface area contributed by atoms with E-state index in [0.717, 1.165) is 60.1 Å². The van der Waals surface area contributed by atoms with Crippen LogP contribution in [-0.4, -0.2) is 33.1 Å². The molecule has 0 bridgehead atoms. The van der Waals surface area contributed by atoms with Crippen LogP contribution in [0.4, 0.5) is 11.4 Å². The molecule has 0 saturated heterocycles. The maximum absolute atomic E-state index is 14.2. The van der Waals surface area contributed by atoms with E-state index in [1.807, 2.05) is 49.4 Å². The number of rotatable bonds is 7. The molecule has 1 fully saturated rings. The van der Waals surface area contributed by atoms with Crippen LogP contribution >= 0.6 is 11.5 Å². The van der Waals surface area contributed by atoms with E-state index in [1.54, 1.807) is 18.3 Å². The zero-order chi connectivity index (χ0) is 27.5. The summed E-state index contributed by atoms with van der Waals surface area (Å²) in [7, 11) is 0. The van der Waals surface area contributed by atoms with Gasteiger partial charge in [0.25, 0.3) is 11.8 Å². The third-order valence-corrected chi connectivity index (χ3v) is 7.94. The minimum atomic E-state index is -1.02. The maximum atomic E-state index is 14.2. The molecule has 39 heavy (non-hydrogen) atoms. The predicted molar refractivity (Wildman–Crippen MR) is 153 cm³/mol. The molecule has 1 atom stereocenters. The second-order valence-corrected chi connectivity index (χ2v) is 10.6. The van der Waals surface area contributed by atoms with E-state index < -0.39 is 17.9 Å². The number of aryl methyl sites for hydroxylation is 1. The first-order valence-corrected chi connectivity index (χ1v) is 13.7. The van der Waals surface area contributed by atoms with Crippen molar-refractivity contribution in [2.24, 2.45) is 5.73 Å². The molecule has 0 radical (unpaired) electrons. The summed E-state index contributed by atoms with van der Waals surface area (Å²) in [4.78, 5) is 46.1. The fraction of sp³-hybridized carbons (Fsp3) is 0.276. The van der Waals surface area contributed by atoms with E-state index in [1.165, 1.54) is 4.90 Å². The SMILES string of the molecule is Cc1ccc(N(C(=O)c2snc(C(N)=O)c2N)[C@H](C(=O)NC2CCCCC2)c2ccc3ncccc3c2)cc1. The number of nitrogen functional groups attached to an aromatic ring is 1. The number of carbonyl (C=O) groups excluding carboxylic acids is 3. The van der Waals surface area contributed by atoms with Crippen LogP contribution in [0, 0.1) is 6.92 Å². The molecule has 5 rings (SSSR count). The zero-order valence-electron chi connectivity index (χ0n) is 21.6. The number of hydrogen-bond acceptors (Lipinski definition) is 7. The highest BCUT2D eigenvalue weighted by molar-refractivity contribution is 7.09. The van der Waals surface area contributed by atoms with Crippen molar-refractivity contribution in [2.45, 2.75) is 51.1 Å². The summed E-state index contributed by atoms with van der Waals surface area (Å²) < 4.78 is 4.02. The van der Waals surface area contributed by atoms with E-state index in [0.29, 0.717) is 11.3 Å². The average molecular weight is 543 g/mol. The first kappa shape index (κ1) is 26.3. The van der Waals surface area contributed by atoms with Crippen LogP contribution in [0.3, 0.4) is 0 Å². The van der Waals surface area contributed by atoms with Crippen molar-refractivity contribution in [1.29, 1.82) is 0 Å². The molecule has 1 aliphatic rings. The first-order chi connectivity index (χ1) is 18.8. The molecule has 4 aromatic rings. The summed E-state index contributed by atoms with van der Waals surface area (Å²) in [5.74, 6) is -1.66. The Kier molecular flexibility index (Phi) is 7.56. The molecule has 0 unspecified atom stereocenters. The lowest BCUT2D eigenvalue weighted by Gasteiger charge is -2.33. The number of carbonyl (C=O) groups is 3. The van der Waals surface area contributed by atoms with Gasteiger partial charge in [-0.15, -0.1) is 0 Å². The van der Waals surface area contributed by atoms with Crippen molar-refractivity contribution in [3.8, 4) is 0 Å². The van der Waals surface area contributed by atoms with Crippen molar-refractivity contribution >= 4 is 51.5 Å². The highest BCUT2D eigenvalue weighted by Gasteiger charge is 2.37. The fourth-order valence-electron chi connectivity index (χ4n) is 5.04. The number of nitrogens with two attached hydrogens (primary N) is 2. The third kappa shape index (κ3) is 5.46. The Morgan fingerprint density at radius 3 is 2.49 bits per heavy atom. The van der Waals surface area contributed by atoms with Gasteiger partial charge in [-0.3, -0.25) is 24.3 Å². The summed E-state index contributed by atoms with van der Waals surface area (Å²) in [6, 6.07) is 15.6. The minimum Gasteiger partial charge on any atom is -0.395 e. The molecule has 0 spiro atoms. The number of nitrogens with zero attached hydrogens (tertiary/aromatic N) is 3. The number of amides is 3.